The van der Waals surface area contributed by atoms with Crippen molar-refractivity contribution >= 4 is 27.8 Å². The van der Waals surface area contributed by atoms with Crippen LogP contribution in [-0.2, 0) is 5.41 Å². The van der Waals surface area contributed by atoms with E-state index in [-0.39, 0.29) is 17.2 Å². The monoisotopic (exact) mass is 848 g/mol. The largest absolute Gasteiger partial charge is 0.307 e. The molecule has 10 aromatic rings. The van der Waals surface area contributed by atoms with E-state index in [4.69, 9.17) is 0 Å². The van der Waals surface area contributed by atoms with Crippen LogP contribution in [0.25, 0.3) is 55.3 Å². The zero-order valence-corrected chi connectivity index (χ0v) is 36.8. The van der Waals surface area contributed by atoms with Gasteiger partial charge in [0.15, 0.2) is 0 Å². The van der Waals surface area contributed by atoms with Crippen molar-refractivity contribution < 1.29 is 4.39 Å². The van der Waals surface area contributed by atoms with Crippen molar-refractivity contribution in [1.29, 1.82) is 5.26 Å². The number of fused-ring (bicyclic) bond motifs is 5. The van der Waals surface area contributed by atoms with E-state index in [1.807, 2.05) is 108 Å². The summed E-state index contributed by atoms with van der Waals surface area (Å²) in [6.07, 6.45) is 0. The first-order chi connectivity index (χ1) is 32.4. The van der Waals surface area contributed by atoms with Gasteiger partial charge in [0, 0.05) is 28.3 Å². The van der Waals surface area contributed by atoms with Crippen molar-refractivity contribution in [3.63, 3.8) is 0 Å². The van der Waals surface area contributed by atoms with Gasteiger partial charge in [0.1, 0.15) is 5.82 Å². The van der Waals surface area contributed by atoms with Crippen LogP contribution >= 0.6 is 0 Å². The highest BCUT2D eigenvalue weighted by atomic mass is 19.1. The third-order valence-corrected chi connectivity index (χ3v) is 13.5. The Morgan fingerprint density at radius 2 is 1.00 bits per heavy atom. The predicted octanol–water partition coefficient (Wildman–Crippen LogP) is 16.8. The first-order valence-electron chi connectivity index (χ1n) is 22.5. The maximum atomic E-state index is 17.1. The fourth-order valence-electron chi connectivity index (χ4n) is 10.2. The molecule has 1 unspecified atom stereocenters. The van der Waals surface area contributed by atoms with E-state index in [1.54, 1.807) is 6.07 Å². The molecule has 314 valence electrons. The second-order valence-electron chi connectivity index (χ2n) is 17.7. The Labute approximate surface area is 386 Å². The van der Waals surface area contributed by atoms with Crippen molar-refractivity contribution in [3.05, 3.63) is 270 Å². The molecule has 1 aliphatic rings. The molecule has 0 aliphatic heterocycles. The lowest BCUT2D eigenvalue weighted by Gasteiger charge is -2.29. The van der Waals surface area contributed by atoms with Crippen molar-refractivity contribution in [2.75, 3.05) is 4.90 Å². The topological polar surface area (TPSA) is 27.0 Å². The summed E-state index contributed by atoms with van der Waals surface area (Å²) in [4.78, 5) is 2.04. The zero-order chi connectivity index (χ0) is 44.8. The Hall–Kier alpha value is -8.32. The fraction of sp³-hybridized carbons (Fsp3) is 0.0635. The van der Waals surface area contributed by atoms with Gasteiger partial charge in [-0.05, 0) is 132 Å². The molecule has 0 saturated carbocycles. The molecule has 66 heavy (non-hydrogen) atoms. The second-order valence-corrected chi connectivity index (χ2v) is 17.7. The van der Waals surface area contributed by atoms with Crippen LogP contribution in [0.1, 0.15) is 53.1 Å². The summed E-state index contributed by atoms with van der Waals surface area (Å²) >= 11 is 0. The number of halogens is 1. The Kier molecular flexibility index (Phi) is 10.2. The molecule has 3 heteroatoms. The van der Waals surface area contributed by atoms with Gasteiger partial charge in [-0.15, -0.1) is 0 Å². The summed E-state index contributed by atoms with van der Waals surface area (Å²) in [5, 5.41) is 12.1. The second kappa shape index (κ2) is 16.7. The minimum absolute atomic E-state index is 0.0303. The number of para-hydroxylation sites is 1. The van der Waals surface area contributed by atoms with Gasteiger partial charge in [-0.3, -0.25) is 0 Å². The maximum Gasteiger partial charge on any atom is 0.148 e. The Morgan fingerprint density at radius 1 is 0.455 bits per heavy atom. The quantitative estimate of drug-likeness (QED) is 0.135. The number of benzene rings is 10. The zero-order valence-electron chi connectivity index (χ0n) is 36.8. The standard InChI is InChI=1S/C63H45FN2/c1-63(2)57-38-48(33-36-54(57)61-53-26-16-15-25-52(53)56(40-58(61)63)60(46-21-11-5-12-22-46)47-29-27-42(41-65)28-30-47)44-31-34-51(35-32-44)66(50-23-13-6-14-24-50)62-55(45-19-9-4-10-20-45)37-49(39-59(62)64)43-17-7-3-8-18-43/h3-40,60H,1-2H3. The smallest absolute Gasteiger partial charge is 0.148 e. The molecule has 0 saturated heterocycles. The lowest BCUT2D eigenvalue weighted by Crippen LogP contribution is -2.16. The molecule has 0 radical (unpaired) electrons. The predicted molar refractivity (Wildman–Crippen MR) is 271 cm³/mol. The van der Waals surface area contributed by atoms with E-state index in [1.165, 1.54) is 44.2 Å². The number of rotatable bonds is 9. The maximum absolute atomic E-state index is 17.1. The van der Waals surface area contributed by atoms with Crippen LogP contribution in [0.2, 0.25) is 0 Å². The lowest BCUT2D eigenvalue weighted by atomic mass is 9.77. The van der Waals surface area contributed by atoms with Crippen molar-refractivity contribution in [1.82, 2.24) is 0 Å². The molecule has 11 rings (SSSR count). The molecule has 0 heterocycles. The van der Waals surface area contributed by atoms with Crippen LogP contribution in [0.15, 0.2) is 231 Å². The molecule has 0 N–H and O–H groups in total. The molecule has 0 fully saturated rings. The summed E-state index contributed by atoms with van der Waals surface area (Å²) < 4.78 is 17.1. The molecular formula is C63H45FN2. The molecule has 0 amide bonds. The fourth-order valence-corrected chi connectivity index (χ4v) is 10.2. The van der Waals surface area contributed by atoms with Crippen molar-refractivity contribution in [2.45, 2.75) is 25.2 Å². The minimum atomic E-state index is -0.300. The average Bonchev–Trinajstić information content (AvgIpc) is 3.61. The molecule has 10 aromatic carbocycles. The summed E-state index contributed by atoms with van der Waals surface area (Å²) in [5.74, 6) is -0.330. The lowest BCUT2D eigenvalue weighted by molar-refractivity contribution is 0.630. The Morgan fingerprint density at radius 3 is 1.67 bits per heavy atom. The van der Waals surface area contributed by atoms with Crippen LogP contribution in [0, 0.1) is 17.1 Å². The van der Waals surface area contributed by atoms with E-state index in [0.29, 0.717) is 11.3 Å². The van der Waals surface area contributed by atoms with Crippen LogP contribution in [-0.4, -0.2) is 0 Å². The van der Waals surface area contributed by atoms with Crippen LogP contribution < -0.4 is 4.90 Å². The van der Waals surface area contributed by atoms with Gasteiger partial charge in [0.2, 0.25) is 0 Å². The molecule has 2 nitrogen and oxygen atoms in total. The average molecular weight is 849 g/mol. The van der Waals surface area contributed by atoms with Crippen LogP contribution in [0.3, 0.4) is 0 Å². The van der Waals surface area contributed by atoms with Crippen LogP contribution in [0.4, 0.5) is 21.5 Å². The SMILES string of the molecule is CC1(C)c2cc(-c3ccc(N(c4ccccc4)c4c(F)cc(-c5ccccc5)cc4-c4ccccc4)cc3)ccc2-c2c1cc(C(c1ccccc1)c1ccc(C#N)cc1)c1ccccc21. The summed E-state index contributed by atoms with van der Waals surface area (Å²) in [6.45, 7) is 4.70. The van der Waals surface area contributed by atoms with Gasteiger partial charge in [-0.2, -0.15) is 5.26 Å². The molecule has 1 atom stereocenters. The highest BCUT2D eigenvalue weighted by Gasteiger charge is 2.38. The van der Waals surface area contributed by atoms with Gasteiger partial charge in [-0.25, -0.2) is 4.39 Å². The van der Waals surface area contributed by atoms with E-state index in [0.717, 1.165) is 50.3 Å². The number of hydrogen-bond donors (Lipinski definition) is 0. The third-order valence-electron chi connectivity index (χ3n) is 13.5. The third kappa shape index (κ3) is 7.05. The van der Waals surface area contributed by atoms with Gasteiger partial charge >= 0.3 is 0 Å². The summed E-state index contributed by atoms with van der Waals surface area (Å²) in [6, 6.07) is 81.8. The van der Waals surface area contributed by atoms with Gasteiger partial charge in [0.25, 0.3) is 0 Å². The molecule has 0 aromatic heterocycles. The highest BCUT2D eigenvalue weighted by molar-refractivity contribution is 6.05. The first-order valence-corrected chi connectivity index (χ1v) is 22.5. The van der Waals surface area contributed by atoms with Crippen molar-refractivity contribution in [2.24, 2.45) is 0 Å². The van der Waals surface area contributed by atoms with Gasteiger partial charge in [0.05, 0.1) is 17.3 Å². The Bertz CT molecular complexity index is 3430. The molecule has 1 aliphatic carbocycles. The number of hydrogen-bond acceptors (Lipinski definition) is 2. The summed E-state index contributed by atoms with van der Waals surface area (Å²) in [7, 11) is 0. The van der Waals surface area contributed by atoms with Crippen molar-refractivity contribution in [3.8, 4) is 50.6 Å². The van der Waals surface area contributed by atoms with Gasteiger partial charge < -0.3 is 4.90 Å². The normalized spacial score (nSPS) is 12.8. The number of nitriles is 1. The summed E-state index contributed by atoms with van der Waals surface area (Å²) in [5.41, 5.74) is 17.1. The van der Waals surface area contributed by atoms with E-state index in [2.05, 4.69) is 141 Å². The Balaban J connectivity index is 1.01. The molecule has 0 spiro atoms. The van der Waals surface area contributed by atoms with Crippen LogP contribution in [0.5, 0.6) is 0 Å². The van der Waals surface area contributed by atoms with E-state index in [9.17, 15) is 5.26 Å². The van der Waals surface area contributed by atoms with E-state index < -0.39 is 0 Å². The minimum Gasteiger partial charge on any atom is -0.307 e. The van der Waals surface area contributed by atoms with Gasteiger partial charge in [-0.1, -0.05) is 190 Å². The number of anilines is 3. The first kappa shape index (κ1) is 40.5. The molecular weight excluding hydrogens is 804 g/mol. The number of nitrogens with zero attached hydrogens (tertiary/aromatic N) is 2. The highest BCUT2D eigenvalue weighted by Crippen LogP contribution is 2.54. The molecule has 0 bridgehead atoms. The van der Waals surface area contributed by atoms with E-state index >= 15 is 4.39 Å².